The topological polar surface area (TPSA) is 12.5 Å². The second-order valence-corrected chi connectivity index (χ2v) is 8.78. The van der Waals surface area contributed by atoms with Crippen LogP contribution >= 0.6 is 0 Å². The molecule has 0 radical (unpaired) electrons. The summed E-state index contributed by atoms with van der Waals surface area (Å²) in [4.78, 5) is 6.48. The predicted octanol–water partition coefficient (Wildman–Crippen LogP) is 5.55. The van der Waals surface area contributed by atoms with Gasteiger partial charge in [0.05, 0.1) is 6.61 Å². The standard InChI is InChI=1S/C21H33NO/c1-20(2)14-9-15-21(3,4)22(20)23-16-18-12-8-13-19(18)17-10-6-5-7-11-17/h5-7,10-11,18-19H,8-9,12-16H2,1-4H3/t18-,19-/m1/s1. The van der Waals surface area contributed by atoms with Crippen molar-refractivity contribution < 1.29 is 4.84 Å². The Morgan fingerprint density at radius 1 is 0.957 bits per heavy atom. The number of nitrogens with zero attached hydrogens (tertiary/aromatic N) is 1. The van der Waals surface area contributed by atoms with E-state index in [9.17, 15) is 0 Å². The molecular formula is C21H33NO. The van der Waals surface area contributed by atoms with Gasteiger partial charge in [0.25, 0.3) is 0 Å². The molecule has 2 atom stereocenters. The fourth-order valence-electron chi connectivity index (χ4n) is 4.87. The maximum Gasteiger partial charge on any atom is 0.0719 e. The quantitative estimate of drug-likeness (QED) is 0.722. The molecule has 2 aliphatic rings. The molecule has 2 nitrogen and oxygen atoms in total. The highest BCUT2D eigenvalue weighted by atomic mass is 16.7. The van der Waals surface area contributed by atoms with Gasteiger partial charge in [-0.05, 0) is 77.2 Å². The molecule has 0 spiro atoms. The molecule has 1 aliphatic carbocycles. The van der Waals surface area contributed by atoms with Gasteiger partial charge in [-0.15, -0.1) is 0 Å². The molecule has 0 N–H and O–H groups in total. The average Bonchev–Trinajstić information content (AvgIpc) is 2.95. The third-order valence-electron chi connectivity index (χ3n) is 5.98. The molecule has 0 aromatic heterocycles. The monoisotopic (exact) mass is 315 g/mol. The van der Waals surface area contributed by atoms with Crippen molar-refractivity contribution >= 4 is 0 Å². The van der Waals surface area contributed by atoms with Gasteiger partial charge in [-0.2, -0.15) is 5.06 Å². The molecule has 128 valence electrons. The van der Waals surface area contributed by atoms with Gasteiger partial charge in [-0.1, -0.05) is 36.8 Å². The third-order valence-corrected chi connectivity index (χ3v) is 5.98. The Morgan fingerprint density at radius 2 is 1.61 bits per heavy atom. The maximum atomic E-state index is 6.48. The molecule has 3 rings (SSSR count). The molecule has 2 heteroatoms. The van der Waals surface area contributed by atoms with Crippen LogP contribution in [0, 0.1) is 5.92 Å². The Kier molecular flexibility index (Phi) is 4.85. The lowest BCUT2D eigenvalue weighted by molar-refractivity contribution is -0.286. The van der Waals surface area contributed by atoms with Crippen molar-refractivity contribution in [2.45, 2.75) is 83.2 Å². The van der Waals surface area contributed by atoms with E-state index in [1.54, 1.807) is 0 Å². The zero-order chi connectivity index (χ0) is 16.5. The normalized spacial score (nSPS) is 30.4. The highest BCUT2D eigenvalue weighted by Crippen LogP contribution is 2.42. The summed E-state index contributed by atoms with van der Waals surface area (Å²) < 4.78 is 0. The minimum atomic E-state index is 0.141. The average molecular weight is 316 g/mol. The number of piperidine rings is 1. The minimum absolute atomic E-state index is 0.141. The van der Waals surface area contributed by atoms with E-state index in [1.807, 2.05) is 0 Å². The van der Waals surface area contributed by atoms with Crippen molar-refractivity contribution in [2.75, 3.05) is 6.61 Å². The molecule has 0 bridgehead atoms. The smallest absolute Gasteiger partial charge is 0.0719 e. The summed E-state index contributed by atoms with van der Waals surface area (Å²) in [5, 5.41) is 2.32. The molecule has 1 saturated heterocycles. The summed E-state index contributed by atoms with van der Waals surface area (Å²) in [6.45, 7) is 10.2. The van der Waals surface area contributed by atoms with Crippen molar-refractivity contribution in [1.82, 2.24) is 5.06 Å². The summed E-state index contributed by atoms with van der Waals surface area (Å²) in [7, 11) is 0. The second-order valence-electron chi connectivity index (χ2n) is 8.78. The van der Waals surface area contributed by atoms with Crippen molar-refractivity contribution in [3.05, 3.63) is 35.9 Å². The van der Waals surface area contributed by atoms with Crippen molar-refractivity contribution in [2.24, 2.45) is 5.92 Å². The Labute approximate surface area is 142 Å². The summed E-state index contributed by atoms with van der Waals surface area (Å²) in [5.41, 5.74) is 1.78. The number of hydrogen-bond acceptors (Lipinski definition) is 2. The first-order valence-corrected chi connectivity index (χ1v) is 9.38. The van der Waals surface area contributed by atoms with E-state index >= 15 is 0 Å². The first-order chi connectivity index (χ1) is 10.9. The van der Waals surface area contributed by atoms with Crippen LogP contribution in [0.15, 0.2) is 30.3 Å². The van der Waals surface area contributed by atoms with Crippen LogP contribution in [0.2, 0.25) is 0 Å². The highest BCUT2D eigenvalue weighted by molar-refractivity contribution is 5.21. The van der Waals surface area contributed by atoms with Crippen LogP contribution < -0.4 is 0 Å². The number of hydroxylamine groups is 2. The van der Waals surface area contributed by atoms with E-state index in [2.05, 4.69) is 63.1 Å². The molecule has 1 saturated carbocycles. The second kappa shape index (κ2) is 6.57. The van der Waals surface area contributed by atoms with E-state index in [0.29, 0.717) is 11.8 Å². The number of rotatable bonds is 4. The lowest BCUT2D eigenvalue weighted by Crippen LogP contribution is -2.58. The van der Waals surface area contributed by atoms with Crippen LogP contribution in [0.4, 0.5) is 0 Å². The van der Waals surface area contributed by atoms with Gasteiger partial charge >= 0.3 is 0 Å². The van der Waals surface area contributed by atoms with Gasteiger partial charge in [0.1, 0.15) is 0 Å². The van der Waals surface area contributed by atoms with Crippen molar-refractivity contribution in [3.63, 3.8) is 0 Å². The molecule has 23 heavy (non-hydrogen) atoms. The first-order valence-electron chi connectivity index (χ1n) is 9.38. The van der Waals surface area contributed by atoms with Crippen LogP contribution in [0.1, 0.15) is 77.7 Å². The summed E-state index contributed by atoms with van der Waals surface area (Å²) in [6.07, 6.45) is 7.70. The Hall–Kier alpha value is -0.860. The molecule has 0 amide bonds. The van der Waals surface area contributed by atoms with Crippen LogP contribution in [0.25, 0.3) is 0 Å². The van der Waals surface area contributed by atoms with Gasteiger partial charge in [-0.25, -0.2) is 0 Å². The predicted molar refractivity (Wildman–Crippen MR) is 96.3 cm³/mol. The van der Waals surface area contributed by atoms with E-state index in [-0.39, 0.29) is 11.1 Å². The largest absolute Gasteiger partial charge is 0.298 e. The van der Waals surface area contributed by atoms with Gasteiger partial charge in [-0.3, -0.25) is 4.84 Å². The maximum absolute atomic E-state index is 6.48. The first kappa shape index (κ1) is 17.0. The van der Waals surface area contributed by atoms with Crippen LogP contribution in [0.3, 0.4) is 0 Å². The zero-order valence-electron chi connectivity index (χ0n) is 15.3. The summed E-state index contributed by atoms with van der Waals surface area (Å²) in [5.74, 6) is 1.33. The van der Waals surface area contributed by atoms with Crippen LogP contribution in [-0.2, 0) is 4.84 Å². The van der Waals surface area contributed by atoms with Crippen molar-refractivity contribution in [3.8, 4) is 0 Å². The van der Waals surface area contributed by atoms with E-state index in [0.717, 1.165) is 6.61 Å². The zero-order valence-corrected chi connectivity index (χ0v) is 15.3. The highest BCUT2D eigenvalue weighted by Gasteiger charge is 2.43. The summed E-state index contributed by atoms with van der Waals surface area (Å²) >= 11 is 0. The van der Waals surface area contributed by atoms with Gasteiger partial charge in [0, 0.05) is 11.1 Å². The SMILES string of the molecule is CC1(C)CCCC(C)(C)N1OC[C@H]1CCC[C@@H]1c1ccccc1. The Balaban J connectivity index is 1.67. The van der Waals surface area contributed by atoms with E-state index in [4.69, 9.17) is 4.84 Å². The Morgan fingerprint density at radius 3 is 2.26 bits per heavy atom. The fraction of sp³-hybridized carbons (Fsp3) is 0.714. The molecule has 1 aliphatic heterocycles. The molecule has 2 fully saturated rings. The third kappa shape index (κ3) is 3.64. The van der Waals surface area contributed by atoms with Gasteiger partial charge < -0.3 is 0 Å². The summed E-state index contributed by atoms with van der Waals surface area (Å²) in [6, 6.07) is 11.0. The number of benzene rings is 1. The van der Waals surface area contributed by atoms with Gasteiger partial charge in [0.2, 0.25) is 0 Å². The van der Waals surface area contributed by atoms with Crippen LogP contribution in [-0.4, -0.2) is 22.7 Å². The van der Waals surface area contributed by atoms with Crippen LogP contribution in [0.5, 0.6) is 0 Å². The lowest BCUT2D eigenvalue weighted by Gasteiger charge is -2.51. The van der Waals surface area contributed by atoms with E-state index in [1.165, 1.54) is 44.1 Å². The minimum Gasteiger partial charge on any atom is -0.298 e. The lowest BCUT2D eigenvalue weighted by atomic mass is 9.82. The Bertz CT molecular complexity index is 492. The van der Waals surface area contributed by atoms with E-state index < -0.39 is 0 Å². The fourth-order valence-corrected chi connectivity index (χ4v) is 4.87. The number of hydrogen-bond donors (Lipinski definition) is 0. The molecular weight excluding hydrogens is 282 g/mol. The molecule has 1 aromatic carbocycles. The molecule has 1 aromatic rings. The van der Waals surface area contributed by atoms with Crippen molar-refractivity contribution in [1.29, 1.82) is 0 Å². The molecule has 0 unspecified atom stereocenters. The van der Waals surface area contributed by atoms with Gasteiger partial charge in [0.15, 0.2) is 0 Å². The molecule has 1 heterocycles.